The monoisotopic (exact) mass is 328 g/mol. The Morgan fingerprint density at radius 1 is 1.08 bits per heavy atom. The summed E-state index contributed by atoms with van der Waals surface area (Å²) >= 11 is 0. The van der Waals surface area contributed by atoms with Gasteiger partial charge in [0.2, 0.25) is 0 Å². The fraction of sp³-hybridized carbons (Fsp3) is 0.826. The van der Waals surface area contributed by atoms with E-state index in [1.807, 2.05) is 6.92 Å². The normalized spacial score (nSPS) is 53.6. The first-order chi connectivity index (χ1) is 11.2. The van der Waals surface area contributed by atoms with Gasteiger partial charge in [-0.1, -0.05) is 37.6 Å². The molecule has 0 heterocycles. The Bertz CT molecular complexity index is 585. The lowest BCUT2D eigenvalue weighted by atomic mass is 9.46. The molecule has 4 aliphatic rings. The van der Waals surface area contributed by atoms with E-state index >= 15 is 0 Å². The summed E-state index contributed by atoms with van der Waals surface area (Å²) in [6.07, 6.45) is 12.4. The molecule has 1 N–H and O–H groups in total. The molecule has 3 saturated carbocycles. The predicted molar refractivity (Wildman–Crippen MR) is 101 cm³/mol. The van der Waals surface area contributed by atoms with Gasteiger partial charge in [-0.2, -0.15) is 0 Å². The van der Waals surface area contributed by atoms with Gasteiger partial charge in [0, 0.05) is 0 Å². The van der Waals surface area contributed by atoms with E-state index in [9.17, 15) is 5.11 Å². The SMILES string of the molecule is C=C(C)C1CCC2C3CC=C4C[C@@](C)(O)CCC4(C)C3CCC12C. The van der Waals surface area contributed by atoms with E-state index in [2.05, 4.69) is 33.4 Å². The predicted octanol–water partition coefficient (Wildman–Crippen LogP) is 5.89. The van der Waals surface area contributed by atoms with Crippen molar-refractivity contribution in [2.24, 2.45) is 34.5 Å². The van der Waals surface area contributed by atoms with Crippen LogP contribution in [0.4, 0.5) is 0 Å². The molecular weight excluding hydrogens is 292 g/mol. The molecule has 6 unspecified atom stereocenters. The number of rotatable bonds is 1. The van der Waals surface area contributed by atoms with E-state index in [-0.39, 0.29) is 0 Å². The molecule has 0 amide bonds. The van der Waals surface area contributed by atoms with Crippen molar-refractivity contribution < 1.29 is 5.11 Å². The molecule has 0 spiro atoms. The molecule has 3 fully saturated rings. The Balaban J connectivity index is 1.66. The van der Waals surface area contributed by atoms with E-state index in [1.165, 1.54) is 44.1 Å². The summed E-state index contributed by atoms with van der Waals surface area (Å²) in [5.74, 6) is 3.34. The minimum Gasteiger partial charge on any atom is -0.390 e. The average molecular weight is 329 g/mol. The Hall–Kier alpha value is -0.560. The molecule has 4 rings (SSSR count). The van der Waals surface area contributed by atoms with Crippen LogP contribution in [-0.4, -0.2) is 10.7 Å². The van der Waals surface area contributed by atoms with Crippen molar-refractivity contribution in [3.8, 4) is 0 Å². The highest BCUT2D eigenvalue weighted by Crippen LogP contribution is 2.67. The number of hydrogen-bond acceptors (Lipinski definition) is 1. The molecule has 0 aromatic rings. The molecule has 7 atom stereocenters. The summed E-state index contributed by atoms with van der Waals surface area (Å²) in [4.78, 5) is 0. The highest BCUT2D eigenvalue weighted by molar-refractivity contribution is 5.27. The van der Waals surface area contributed by atoms with Gasteiger partial charge in [-0.05, 0) is 99.7 Å². The fourth-order valence-corrected chi connectivity index (χ4v) is 7.61. The van der Waals surface area contributed by atoms with Gasteiger partial charge in [0.1, 0.15) is 0 Å². The summed E-state index contributed by atoms with van der Waals surface area (Å²) in [6.45, 7) is 13.7. The molecule has 0 aliphatic heterocycles. The molecule has 24 heavy (non-hydrogen) atoms. The van der Waals surface area contributed by atoms with E-state index in [0.717, 1.165) is 36.5 Å². The number of aliphatic hydroxyl groups is 1. The highest BCUT2D eigenvalue weighted by Gasteiger charge is 2.59. The Kier molecular flexibility index (Phi) is 3.67. The third-order valence-corrected chi connectivity index (χ3v) is 8.97. The Labute approximate surface area is 148 Å². The summed E-state index contributed by atoms with van der Waals surface area (Å²) in [5.41, 5.74) is 3.38. The first-order valence-corrected chi connectivity index (χ1v) is 10.2. The average Bonchev–Trinajstić information content (AvgIpc) is 2.85. The zero-order valence-electron chi connectivity index (χ0n) is 16.2. The van der Waals surface area contributed by atoms with Gasteiger partial charge in [-0.25, -0.2) is 0 Å². The van der Waals surface area contributed by atoms with Gasteiger partial charge >= 0.3 is 0 Å². The highest BCUT2D eigenvalue weighted by atomic mass is 16.3. The first-order valence-electron chi connectivity index (χ1n) is 10.2. The summed E-state index contributed by atoms with van der Waals surface area (Å²) in [6, 6.07) is 0. The van der Waals surface area contributed by atoms with Crippen LogP contribution in [0.1, 0.15) is 79.1 Å². The van der Waals surface area contributed by atoms with Gasteiger partial charge in [0.25, 0.3) is 0 Å². The number of fused-ring (bicyclic) bond motifs is 5. The van der Waals surface area contributed by atoms with Crippen LogP contribution in [0.2, 0.25) is 0 Å². The van der Waals surface area contributed by atoms with Crippen LogP contribution in [0, 0.1) is 34.5 Å². The first kappa shape index (κ1) is 16.9. The second-order valence-electron chi connectivity index (χ2n) is 10.5. The molecule has 4 aliphatic carbocycles. The third kappa shape index (κ3) is 2.23. The van der Waals surface area contributed by atoms with Crippen LogP contribution in [0.5, 0.6) is 0 Å². The van der Waals surface area contributed by atoms with Gasteiger partial charge < -0.3 is 5.11 Å². The van der Waals surface area contributed by atoms with E-state index < -0.39 is 5.60 Å². The molecule has 1 heteroatoms. The zero-order chi connectivity index (χ0) is 17.3. The number of hydrogen-bond donors (Lipinski definition) is 1. The van der Waals surface area contributed by atoms with Gasteiger partial charge in [-0.15, -0.1) is 0 Å². The van der Waals surface area contributed by atoms with Crippen LogP contribution in [0.3, 0.4) is 0 Å². The van der Waals surface area contributed by atoms with Crippen LogP contribution >= 0.6 is 0 Å². The minimum absolute atomic E-state index is 0.355. The van der Waals surface area contributed by atoms with Crippen LogP contribution in [0.25, 0.3) is 0 Å². The van der Waals surface area contributed by atoms with Crippen LogP contribution in [-0.2, 0) is 0 Å². The lowest BCUT2D eigenvalue weighted by Crippen LogP contribution is -2.51. The van der Waals surface area contributed by atoms with E-state index in [4.69, 9.17) is 0 Å². The van der Waals surface area contributed by atoms with Crippen molar-refractivity contribution >= 4 is 0 Å². The second kappa shape index (κ2) is 5.22. The van der Waals surface area contributed by atoms with Crippen molar-refractivity contribution in [3.63, 3.8) is 0 Å². The molecule has 0 saturated heterocycles. The van der Waals surface area contributed by atoms with Crippen molar-refractivity contribution in [2.75, 3.05) is 0 Å². The standard InChI is InChI=1S/C23H36O/c1-15(2)18-8-9-19-17-7-6-16-14-21(3,24)12-13-22(16,4)20(17)10-11-23(18,19)5/h6,17-20,24H,1,7-14H2,2-5H3/t17?,18?,19?,20?,21-,22?,23?/m0/s1. The van der Waals surface area contributed by atoms with E-state index in [1.54, 1.807) is 5.57 Å². The maximum absolute atomic E-state index is 10.6. The molecule has 0 aromatic heterocycles. The zero-order valence-corrected chi connectivity index (χ0v) is 16.2. The molecule has 0 bridgehead atoms. The van der Waals surface area contributed by atoms with Gasteiger partial charge in [0.15, 0.2) is 0 Å². The third-order valence-electron chi connectivity index (χ3n) is 8.97. The Morgan fingerprint density at radius 3 is 2.54 bits per heavy atom. The van der Waals surface area contributed by atoms with Gasteiger partial charge in [0.05, 0.1) is 5.60 Å². The molecule has 1 nitrogen and oxygen atoms in total. The van der Waals surface area contributed by atoms with Crippen LogP contribution in [0.15, 0.2) is 23.8 Å². The quantitative estimate of drug-likeness (QED) is 0.595. The molecule has 0 radical (unpaired) electrons. The van der Waals surface area contributed by atoms with E-state index in [0.29, 0.717) is 10.8 Å². The summed E-state index contributed by atoms with van der Waals surface area (Å²) in [5, 5.41) is 10.6. The lowest BCUT2D eigenvalue weighted by Gasteiger charge is -2.59. The maximum Gasteiger partial charge on any atom is 0.0657 e. The molecule has 0 aromatic carbocycles. The smallest absolute Gasteiger partial charge is 0.0657 e. The van der Waals surface area contributed by atoms with Crippen molar-refractivity contribution in [1.29, 1.82) is 0 Å². The largest absolute Gasteiger partial charge is 0.390 e. The topological polar surface area (TPSA) is 20.2 Å². The number of allylic oxidation sites excluding steroid dienone is 2. The van der Waals surface area contributed by atoms with Crippen molar-refractivity contribution in [3.05, 3.63) is 23.8 Å². The molecular formula is C23H36O. The lowest BCUT2D eigenvalue weighted by molar-refractivity contribution is -0.0623. The van der Waals surface area contributed by atoms with Crippen molar-refractivity contribution in [2.45, 2.75) is 84.7 Å². The fourth-order valence-electron chi connectivity index (χ4n) is 7.61. The van der Waals surface area contributed by atoms with Crippen LogP contribution < -0.4 is 0 Å². The Morgan fingerprint density at radius 2 is 1.83 bits per heavy atom. The molecule has 134 valence electrons. The maximum atomic E-state index is 10.6. The van der Waals surface area contributed by atoms with Gasteiger partial charge in [-0.3, -0.25) is 0 Å². The summed E-state index contributed by atoms with van der Waals surface area (Å²) < 4.78 is 0. The minimum atomic E-state index is -0.472. The summed E-state index contributed by atoms with van der Waals surface area (Å²) in [7, 11) is 0. The van der Waals surface area contributed by atoms with Crippen molar-refractivity contribution in [1.82, 2.24) is 0 Å². The second-order valence-corrected chi connectivity index (χ2v) is 10.5.